The van der Waals surface area contributed by atoms with E-state index in [9.17, 15) is 0 Å². The third-order valence-electron chi connectivity index (χ3n) is 3.01. The second kappa shape index (κ2) is 6.97. The molecule has 0 aliphatic heterocycles. The maximum atomic E-state index is 4.16. The van der Waals surface area contributed by atoms with Crippen LogP contribution in [0.5, 0.6) is 0 Å². The fourth-order valence-corrected chi connectivity index (χ4v) is 2.02. The predicted molar refractivity (Wildman–Crippen MR) is 74.5 cm³/mol. The molecule has 0 bridgehead atoms. The molecule has 0 atom stereocenters. The van der Waals surface area contributed by atoms with Crippen molar-refractivity contribution in [2.45, 2.75) is 19.3 Å². The predicted octanol–water partition coefficient (Wildman–Crippen LogP) is 2.18. The van der Waals surface area contributed by atoms with Crippen LogP contribution in [-0.4, -0.2) is 22.9 Å². The highest BCUT2D eigenvalue weighted by Crippen LogP contribution is 2.01. The van der Waals surface area contributed by atoms with E-state index in [1.165, 1.54) is 17.5 Å². The molecule has 0 radical (unpaired) electrons. The van der Waals surface area contributed by atoms with Gasteiger partial charge in [-0.25, -0.2) is 0 Å². The molecule has 96 valence electrons. The Hall–Kier alpha value is -1.61. The average Bonchev–Trinajstić information content (AvgIpc) is 2.81. The van der Waals surface area contributed by atoms with E-state index in [1.807, 2.05) is 17.9 Å². The number of hydrogen-bond donors (Lipinski definition) is 1. The zero-order valence-corrected chi connectivity index (χ0v) is 11.0. The summed E-state index contributed by atoms with van der Waals surface area (Å²) in [4.78, 5) is 0. The lowest BCUT2D eigenvalue weighted by molar-refractivity contribution is 0.647. The molecule has 0 amide bonds. The summed E-state index contributed by atoms with van der Waals surface area (Å²) >= 11 is 0. The van der Waals surface area contributed by atoms with Crippen LogP contribution in [0.3, 0.4) is 0 Å². The Kier molecular flexibility index (Phi) is 4.97. The summed E-state index contributed by atoms with van der Waals surface area (Å²) in [6.45, 7) is 2.11. The van der Waals surface area contributed by atoms with E-state index in [1.54, 1.807) is 0 Å². The topological polar surface area (TPSA) is 29.9 Å². The standard InChI is InChI=1S/C15H21N3/c1-18-13-15(12-17-18)9-11-16-10-5-8-14-6-3-2-4-7-14/h2-4,6-7,12-13,16H,5,8-11H2,1H3. The number of benzene rings is 1. The molecule has 3 nitrogen and oxygen atoms in total. The Balaban J connectivity index is 1.54. The van der Waals surface area contributed by atoms with Crippen molar-refractivity contribution < 1.29 is 0 Å². The van der Waals surface area contributed by atoms with Crippen molar-refractivity contribution in [3.63, 3.8) is 0 Å². The van der Waals surface area contributed by atoms with Crippen molar-refractivity contribution in [1.82, 2.24) is 15.1 Å². The number of nitrogens with zero attached hydrogens (tertiary/aromatic N) is 2. The summed E-state index contributed by atoms with van der Waals surface area (Å²) < 4.78 is 1.85. The first kappa shape index (κ1) is 12.8. The largest absolute Gasteiger partial charge is 0.316 e. The molecule has 18 heavy (non-hydrogen) atoms. The minimum absolute atomic E-state index is 1.03. The van der Waals surface area contributed by atoms with Crippen LogP contribution in [0, 0.1) is 0 Å². The van der Waals surface area contributed by atoms with Gasteiger partial charge in [-0.1, -0.05) is 30.3 Å². The molecule has 0 aliphatic carbocycles. The van der Waals surface area contributed by atoms with Crippen molar-refractivity contribution in [3.05, 3.63) is 53.9 Å². The van der Waals surface area contributed by atoms with Gasteiger partial charge in [0, 0.05) is 13.2 Å². The highest BCUT2D eigenvalue weighted by molar-refractivity contribution is 5.14. The summed E-state index contributed by atoms with van der Waals surface area (Å²) in [5, 5.41) is 7.64. The SMILES string of the molecule is Cn1cc(CCNCCCc2ccccc2)cn1. The second-order valence-electron chi connectivity index (χ2n) is 4.61. The minimum atomic E-state index is 1.03. The fraction of sp³-hybridized carbons (Fsp3) is 0.400. The van der Waals surface area contributed by atoms with E-state index in [-0.39, 0.29) is 0 Å². The average molecular weight is 243 g/mol. The van der Waals surface area contributed by atoms with Crippen LogP contribution in [0.4, 0.5) is 0 Å². The van der Waals surface area contributed by atoms with Gasteiger partial charge in [0.15, 0.2) is 0 Å². The van der Waals surface area contributed by atoms with Crippen LogP contribution in [-0.2, 0) is 19.9 Å². The van der Waals surface area contributed by atoms with Gasteiger partial charge in [-0.3, -0.25) is 4.68 Å². The van der Waals surface area contributed by atoms with E-state index >= 15 is 0 Å². The summed E-state index contributed by atoms with van der Waals surface area (Å²) in [6.07, 6.45) is 7.41. The van der Waals surface area contributed by atoms with Crippen LogP contribution in [0.2, 0.25) is 0 Å². The molecule has 1 aromatic carbocycles. The first-order valence-corrected chi connectivity index (χ1v) is 6.57. The van der Waals surface area contributed by atoms with Crippen LogP contribution < -0.4 is 5.32 Å². The molecular formula is C15H21N3. The Labute approximate surface area is 109 Å². The Morgan fingerprint density at radius 3 is 2.61 bits per heavy atom. The van der Waals surface area contributed by atoms with Crippen LogP contribution in [0.15, 0.2) is 42.7 Å². The highest BCUT2D eigenvalue weighted by atomic mass is 15.2. The Morgan fingerprint density at radius 2 is 1.89 bits per heavy atom. The number of nitrogens with one attached hydrogen (secondary N) is 1. The van der Waals surface area contributed by atoms with Crippen molar-refractivity contribution in [2.75, 3.05) is 13.1 Å². The number of rotatable bonds is 7. The zero-order valence-electron chi connectivity index (χ0n) is 11.0. The molecule has 0 unspecified atom stereocenters. The summed E-state index contributed by atoms with van der Waals surface area (Å²) in [5.74, 6) is 0. The van der Waals surface area contributed by atoms with E-state index in [0.29, 0.717) is 0 Å². The van der Waals surface area contributed by atoms with Gasteiger partial charge in [0.1, 0.15) is 0 Å². The van der Waals surface area contributed by atoms with Gasteiger partial charge in [0.25, 0.3) is 0 Å². The van der Waals surface area contributed by atoms with Gasteiger partial charge in [0.05, 0.1) is 6.20 Å². The first-order valence-electron chi connectivity index (χ1n) is 6.57. The maximum Gasteiger partial charge on any atom is 0.0522 e. The lowest BCUT2D eigenvalue weighted by Gasteiger charge is -2.04. The van der Waals surface area contributed by atoms with E-state index < -0.39 is 0 Å². The smallest absolute Gasteiger partial charge is 0.0522 e. The molecule has 0 aliphatic rings. The normalized spacial score (nSPS) is 10.7. The molecule has 2 rings (SSSR count). The molecule has 0 fully saturated rings. The third-order valence-corrected chi connectivity index (χ3v) is 3.01. The fourth-order valence-electron chi connectivity index (χ4n) is 2.02. The van der Waals surface area contributed by atoms with Gasteiger partial charge in [-0.05, 0) is 43.5 Å². The number of aryl methyl sites for hydroxylation is 2. The van der Waals surface area contributed by atoms with E-state index in [2.05, 4.69) is 46.9 Å². The monoisotopic (exact) mass is 243 g/mol. The summed E-state index contributed by atoms with van der Waals surface area (Å²) in [6, 6.07) is 10.7. The van der Waals surface area contributed by atoms with Crippen LogP contribution >= 0.6 is 0 Å². The third kappa shape index (κ3) is 4.34. The Morgan fingerprint density at radius 1 is 1.06 bits per heavy atom. The summed E-state index contributed by atoms with van der Waals surface area (Å²) in [7, 11) is 1.96. The first-order chi connectivity index (χ1) is 8.84. The van der Waals surface area contributed by atoms with Gasteiger partial charge in [-0.15, -0.1) is 0 Å². The van der Waals surface area contributed by atoms with Crippen LogP contribution in [0.25, 0.3) is 0 Å². The number of aromatic nitrogens is 2. The van der Waals surface area contributed by atoms with Gasteiger partial charge >= 0.3 is 0 Å². The lowest BCUT2D eigenvalue weighted by atomic mass is 10.1. The quantitative estimate of drug-likeness (QED) is 0.755. The molecule has 1 aromatic heterocycles. The zero-order chi connectivity index (χ0) is 12.6. The lowest BCUT2D eigenvalue weighted by Crippen LogP contribution is -2.18. The van der Waals surface area contributed by atoms with E-state index in [0.717, 1.165) is 25.9 Å². The molecular weight excluding hydrogens is 222 g/mol. The van der Waals surface area contributed by atoms with Crippen molar-refractivity contribution in [3.8, 4) is 0 Å². The summed E-state index contributed by atoms with van der Waals surface area (Å²) in [5.41, 5.74) is 2.72. The van der Waals surface area contributed by atoms with E-state index in [4.69, 9.17) is 0 Å². The number of hydrogen-bond acceptors (Lipinski definition) is 2. The molecule has 1 N–H and O–H groups in total. The molecule has 2 aromatic rings. The van der Waals surface area contributed by atoms with Gasteiger partial charge in [0.2, 0.25) is 0 Å². The Bertz CT molecular complexity index is 448. The maximum absolute atomic E-state index is 4.16. The minimum Gasteiger partial charge on any atom is -0.316 e. The molecule has 0 saturated heterocycles. The van der Waals surface area contributed by atoms with Crippen molar-refractivity contribution in [1.29, 1.82) is 0 Å². The molecule has 0 spiro atoms. The van der Waals surface area contributed by atoms with Gasteiger partial charge < -0.3 is 5.32 Å². The van der Waals surface area contributed by atoms with Crippen molar-refractivity contribution >= 4 is 0 Å². The molecule has 1 heterocycles. The van der Waals surface area contributed by atoms with Crippen LogP contribution in [0.1, 0.15) is 17.5 Å². The second-order valence-corrected chi connectivity index (χ2v) is 4.61. The molecule has 3 heteroatoms. The van der Waals surface area contributed by atoms with Gasteiger partial charge in [-0.2, -0.15) is 5.10 Å². The molecule has 0 saturated carbocycles. The highest BCUT2D eigenvalue weighted by Gasteiger charge is 1.96. The van der Waals surface area contributed by atoms with Crippen molar-refractivity contribution in [2.24, 2.45) is 7.05 Å².